The number of benzene rings is 2. The molecule has 1 aliphatic rings. The first-order valence-corrected chi connectivity index (χ1v) is 9.29. The van der Waals surface area contributed by atoms with E-state index in [9.17, 15) is 14.4 Å². The number of amides is 3. The smallest absolute Gasteiger partial charge is 0.325 e. The van der Waals surface area contributed by atoms with Crippen LogP contribution in [-0.2, 0) is 14.3 Å². The average molecular weight is 398 g/mol. The Hall–Kier alpha value is -3.55. The van der Waals surface area contributed by atoms with Gasteiger partial charge in [-0.15, -0.1) is 0 Å². The van der Waals surface area contributed by atoms with E-state index < -0.39 is 30.4 Å². The van der Waals surface area contributed by atoms with Crippen molar-refractivity contribution in [3.63, 3.8) is 0 Å². The van der Waals surface area contributed by atoms with Crippen LogP contribution in [0.2, 0.25) is 0 Å². The van der Waals surface area contributed by atoms with Crippen molar-refractivity contribution in [2.75, 3.05) is 25.1 Å². The highest BCUT2D eigenvalue weighted by atomic mass is 16.6. The molecule has 0 radical (unpaired) electrons. The van der Waals surface area contributed by atoms with Crippen LogP contribution in [0.15, 0.2) is 48.5 Å². The minimum Gasteiger partial charge on any atom is -0.486 e. The van der Waals surface area contributed by atoms with Crippen molar-refractivity contribution in [1.82, 2.24) is 5.32 Å². The van der Waals surface area contributed by atoms with E-state index in [0.717, 1.165) is 5.56 Å². The first kappa shape index (κ1) is 20.2. The van der Waals surface area contributed by atoms with Gasteiger partial charge in [-0.05, 0) is 24.1 Å². The molecule has 1 aliphatic heterocycles. The molecule has 0 aromatic heterocycles. The molecular formula is C21H22N2O6. The lowest BCUT2D eigenvalue weighted by atomic mass is 9.97. The van der Waals surface area contributed by atoms with Crippen LogP contribution in [0, 0.1) is 0 Å². The van der Waals surface area contributed by atoms with Gasteiger partial charge in [0.2, 0.25) is 0 Å². The number of ether oxygens (including phenoxy) is 3. The molecule has 2 aromatic carbocycles. The fourth-order valence-corrected chi connectivity index (χ4v) is 2.91. The maximum absolute atomic E-state index is 12.3. The maximum atomic E-state index is 12.3. The maximum Gasteiger partial charge on any atom is 0.325 e. The molecule has 0 fully saturated rings. The van der Waals surface area contributed by atoms with Gasteiger partial charge in [0.1, 0.15) is 13.2 Å². The van der Waals surface area contributed by atoms with Crippen LogP contribution in [0.3, 0.4) is 0 Å². The fourth-order valence-electron chi connectivity index (χ4n) is 2.91. The zero-order chi connectivity index (χ0) is 20.6. The number of fused-ring (bicyclic) bond motifs is 1. The normalized spacial score (nSPS) is 13.1. The van der Waals surface area contributed by atoms with Gasteiger partial charge in [0.05, 0.1) is 5.92 Å². The van der Waals surface area contributed by atoms with Crippen molar-refractivity contribution in [2.24, 2.45) is 0 Å². The summed E-state index contributed by atoms with van der Waals surface area (Å²) in [5, 5.41) is 4.65. The molecule has 3 rings (SSSR count). The third-order valence-corrected chi connectivity index (χ3v) is 4.29. The number of carbonyl (C=O) groups excluding carboxylic acids is 3. The van der Waals surface area contributed by atoms with Crippen molar-refractivity contribution in [1.29, 1.82) is 0 Å². The Kier molecular flexibility index (Phi) is 6.67. The van der Waals surface area contributed by atoms with Crippen LogP contribution in [-0.4, -0.2) is 37.7 Å². The molecule has 152 valence electrons. The molecule has 8 heteroatoms. The highest BCUT2D eigenvalue weighted by Crippen LogP contribution is 2.32. The minimum absolute atomic E-state index is 0.425. The number of hydrogen-bond acceptors (Lipinski definition) is 6. The molecule has 2 N–H and O–H groups in total. The van der Waals surface area contributed by atoms with E-state index in [1.165, 1.54) is 0 Å². The van der Waals surface area contributed by atoms with Crippen molar-refractivity contribution in [3.8, 4) is 11.5 Å². The first-order valence-electron chi connectivity index (χ1n) is 9.29. The van der Waals surface area contributed by atoms with Crippen LogP contribution in [0.4, 0.5) is 10.5 Å². The van der Waals surface area contributed by atoms with Crippen LogP contribution < -0.4 is 20.1 Å². The zero-order valence-corrected chi connectivity index (χ0v) is 16.0. The summed E-state index contributed by atoms with van der Waals surface area (Å²) >= 11 is 0. The first-order chi connectivity index (χ1) is 14.1. The van der Waals surface area contributed by atoms with E-state index >= 15 is 0 Å². The van der Waals surface area contributed by atoms with Crippen molar-refractivity contribution in [3.05, 3.63) is 54.1 Å². The Bertz CT molecular complexity index is 884. The predicted octanol–water partition coefficient (Wildman–Crippen LogP) is 2.84. The van der Waals surface area contributed by atoms with E-state index in [0.29, 0.717) is 36.8 Å². The molecule has 1 atom stereocenters. The van der Waals surface area contributed by atoms with Gasteiger partial charge in [-0.2, -0.15) is 0 Å². The van der Waals surface area contributed by atoms with Crippen LogP contribution >= 0.6 is 0 Å². The zero-order valence-electron chi connectivity index (χ0n) is 16.0. The molecule has 0 bridgehead atoms. The third kappa shape index (κ3) is 5.47. The van der Waals surface area contributed by atoms with Gasteiger partial charge in [0.25, 0.3) is 5.91 Å². The van der Waals surface area contributed by atoms with E-state index in [4.69, 9.17) is 14.2 Å². The van der Waals surface area contributed by atoms with E-state index in [1.807, 2.05) is 37.3 Å². The molecule has 2 aromatic rings. The second kappa shape index (κ2) is 9.59. The fraction of sp³-hybridized carbons (Fsp3) is 0.286. The summed E-state index contributed by atoms with van der Waals surface area (Å²) in [5.41, 5.74) is 1.25. The second-order valence-corrected chi connectivity index (χ2v) is 6.34. The lowest BCUT2D eigenvalue weighted by molar-refractivity contribution is -0.149. The summed E-state index contributed by atoms with van der Waals surface area (Å²) in [6.45, 7) is 2.21. The number of anilines is 1. The number of imide groups is 1. The topological polar surface area (TPSA) is 103 Å². The van der Waals surface area contributed by atoms with Gasteiger partial charge in [-0.25, -0.2) is 4.79 Å². The highest BCUT2D eigenvalue weighted by molar-refractivity contribution is 6.02. The van der Waals surface area contributed by atoms with E-state index in [-0.39, 0.29) is 0 Å². The summed E-state index contributed by atoms with van der Waals surface area (Å²) in [4.78, 5) is 36.2. The molecule has 8 nitrogen and oxygen atoms in total. The van der Waals surface area contributed by atoms with Crippen molar-refractivity contribution in [2.45, 2.75) is 19.3 Å². The molecule has 3 amide bonds. The molecule has 29 heavy (non-hydrogen) atoms. The van der Waals surface area contributed by atoms with Gasteiger partial charge < -0.3 is 19.5 Å². The van der Waals surface area contributed by atoms with Gasteiger partial charge in [0, 0.05) is 11.8 Å². The average Bonchev–Trinajstić information content (AvgIpc) is 2.73. The molecule has 1 unspecified atom stereocenters. The minimum atomic E-state index is -0.738. The van der Waals surface area contributed by atoms with Crippen LogP contribution in [0.1, 0.15) is 24.8 Å². The summed E-state index contributed by atoms with van der Waals surface area (Å²) in [7, 11) is 0. The lowest BCUT2D eigenvalue weighted by Crippen LogP contribution is -2.37. The molecule has 0 spiro atoms. The standard InChI is InChI=1S/C21H22N2O6/c1-2-16(14-6-4-3-5-7-14)20(25)29-13-19(24)23-21(26)22-15-8-9-17-18(12-15)28-11-10-27-17/h3-9,12,16H,2,10-11,13H2,1H3,(H2,22,23,24,26). The van der Waals surface area contributed by atoms with Gasteiger partial charge >= 0.3 is 12.0 Å². The van der Waals surface area contributed by atoms with Crippen LogP contribution in [0.25, 0.3) is 0 Å². The van der Waals surface area contributed by atoms with Crippen molar-refractivity contribution >= 4 is 23.6 Å². The van der Waals surface area contributed by atoms with E-state index in [2.05, 4.69) is 10.6 Å². The number of carbonyl (C=O) groups is 3. The van der Waals surface area contributed by atoms with E-state index in [1.54, 1.807) is 18.2 Å². The molecule has 1 heterocycles. The highest BCUT2D eigenvalue weighted by Gasteiger charge is 2.21. The summed E-state index contributed by atoms with van der Waals surface area (Å²) in [6.07, 6.45) is 0.537. The summed E-state index contributed by atoms with van der Waals surface area (Å²) in [5.74, 6) is -0.595. The predicted molar refractivity (Wildman–Crippen MR) is 105 cm³/mol. The Morgan fingerprint density at radius 3 is 2.48 bits per heavy atom. The SMILES string of the molecule is CCC(C(=O)OCC(=O)NC(=O)Nc1ccc2c(c1)OCCO2)c1ccccc1. The quantitative estimate of drug-likeness (QED) is 0.726. The summed E-state index contributed by atoms with van der Waals surface area (Å²) < 4.78 is 15.9. The molecular weight excluding hydrogens is 376 g/mol. The molecule has 0 saturated carbocycles. The Labute approximate surface area is 168 Å². The molecule has 0 aliphatic carbocycles. The number of hydrogen-bond donors (Lipinski definition) is 2. The Balaban J connectivity index is 1.47. The molecule has 0 saturated heterocycles. The Morgan fingerprint density at radius 1 is 1.03 bits per heavy atom. The number of rotatable bonds is 6. The van der Waals surface area contributed by atoms with Gasteiger partial charge in [-0.3, -0.25) is 14.9 Å². The van der Waals surface area contributed by atoms with Gasteiger partial charge in [0.15, 0.2) is 18.1 Å². The monoisotopic (exact) mass is 398 g/mol. The van der Waals surface area contributed by atoms with Crippen molar-refractivity contribution < 1.29 is 28.6 Å². The number of nitrogens with one attached hydrogen (secondary N) is 2. The summed E-state index contributed by atoms with van der Waals surface area (Å²) in [6, 6.07) is 13.3. The lowest BCUT2D eigenvalue weighted by Gasteiger charge is -2.19. The largest absolute Gasteiger partial charge is 0.486 e. The Morgan fingerprint density at radius 2 is 1.76 bits per heavy atom. The van der Waals surface area contributed by atoms with Gasteiger partial charge in [-0.1, -0.05) is 37.3 Å². The second-order valence-electron chi connectivity index (χ2n) is 6.34. The third-order valence-electron chi connectivity index (χ3n) is 4.29. The number of esters is 1. The number of urea groups is 1. The van der Waals surface area contributed by atoms with Crippen LogP contribution in [0.5, 0.6) is 11.5 Å².